The molecule has 1 N–H and O–H groups in total. The van der Waals surface area contributed by atoms with E-state index in [0.717, 1.165) is 42.4 Å². The third-order valence-electron chi connectivity index (χ3n) is 3.42. The summed E-state index contributed by atoms with van der Waals surface area (Å²) in [5.41, 5.74) is 2.74. The van der Waals surface area contributed by atoms with E-state index in [4.69, 9.17) is 9.84 Å². The van der Waals surface area contributed by atoms with E-state index >= 15 is 0 Å². The maximum Gasteiger partial charge on any atom is 0.511 e. The second kappa shape index (κ2) is 7.48. The van der Waals surface area contributed by atoms with Crippen LogP contribution in [0.4, 0.5) is 4.79 Å². The van der Waals surface area contributed by atoms with Crippen LogP contribution >= 0.6 is 0 Å². The van der Waals surface area contributed by atoms with Crippen LogP contribution in [0.5, 0.6) is 5.75 Å². The summed E-state index contributed by atoms with van der Waals surface area (Å²) in [5.74, 6) is 0.465. The van der Waals surface area contributed by atoms with E-state index in [2.05, 4.69) is 6.92 Å². The molecule has 0 heterocycles. The van der Waals surface area contributed by atoms with E-state index in [0.29, 0.717) is 5.75 Å². The van der Waals surface area contributed by atoms with Crippen LogP contribution in [-0.2, 0) is 6.42 Å². The van der Waals surface area contributed by atoms with Gasteiger partial charge in [-0.1, -0.05) is 68.3 Å². The van der Waals surface area contributed by atoms with Crippen LogP contribution in [0, 0.1) is 0 Å². The van der Waals surface area contributed by atoms with Crippen LogP contribution in [0.25, 0.3) is 11.1 Å². The van der Waals surface area contributed by atoms with E-state index in [1.165, 1.54) is 0 Å². The minimum absolute atomic E-state index is 0.465. The first kappa shape index (κ1) is 15.1. The molecule has 0 aliphatic heterocycles. The van der Waals surface area contributed by atoms with Crippen LogP contribution in [0.3, 0.4) is 0 Å². The molecule has 0 aliphatic rings. The van der Waals surface area contributed by atoms with Crippen LogP contribution < -0.4 is 4.74 Å². The first-order chi connectivity index (χ1) is 10.2. The highest BCUT2D eigenvalue weighted by Gasteiger charge is 2.14. The van der Waals surface area contributed by atoms with Gasteiger partial charge >= 0.3 is 6.16 Å². The highest BCUT2D eigenvalue weighted by Crippen LogP contribution is 2.34. The number of aryl methyl sites for hydroxylation is 1. The molecule has 0 saturated carbocycles. The molecule has 3 nitrogen and oxygen atoms in total. The van der Waals surface area contributed by atoms with Crippen molar-refractivity contribution in [1.29, 1.82) is 0 Å². The second-order valence-electron chi connectivity index (χ2n) is 4.98. The summed E-state index contributed by atoms with van der Waals surface area (Å²) in [4.78, 5) is 11.0. The smallest absolute Gasteiger partial charge is 0.449 e. The van der Waals surface area contributed by atoms with Crippen molar-refractivity contribution in [2.24, 2.45) is 0 Å². The molecule has 0 spiro atoms. The summed E-state index contributed by atoms with van der Waals surface area (Å²) in [5, 5.41) is 9.01. The van der Waals surface area contributed by atoms with Gasteiger partial charge in [0.05, 0.1) is 0 Å². The lowest BCUT2D eigenvalue weighted by Gasteiger charge is -2.13. The molecule has 0 bridgehead atoms. The lowest BCUT2D eigenvalue weighted by atomic mass is 9.98. The number of rotatable bonds is 6. The molecule has 0 saturated heterocycles. The zero-order valence-corrected chi connectivity index (χ0v) is 12.2. The zero-order chi connectivity index (χ0) is 15.1. The quantitative estimate of drug-likeness (QED) is 0.453. The molecule has 0 aromatic heterocycles. The largest absolute Gasteiger partial charge is 0.511 e. The molecule has 3 heteroatoms. The summed E-state index contributed by atoms with van der Waals surface area (Å²) in [6.45, 7) is 2.15. The van der Waals surface area contributed by atoms with Crippen LogP contribution in [0.1, 0.15) is 31.7 Å². The van der Waals surface area contributed by atoms with Crippen molar-refractivity contribution in [2.75, 3.05) is 0 Å². The Hall–Kier alpha value is -2.29. The van der Waals surface area contributed by atoms with Crippen molar-refractivity contribution in [3.63, 3.8) is 0 Å². The number of hydrogen-bond acceptors (Lipinski definition) is 2. The van der Waals surface area contributed by atoms with Gasteiger partial charge in [0.2, 0.25) is 0 Å². The van der Waals surface area contributed by atoms with E-state index in [1.807, 2.05) is 48.5 Å². The standard InChI is InChI=1S/C18H20O3/c1-2-3-5-11-15-12-8-13-16(17(15)21-18(19)20)14-9-6-4-7-10-14/h4,6-10,12-13H,2-3,5,11H2,1H3,(H,19,20). The number of carboxylic acid groups (broad SMARTS) is 1. The Morgan fingerprint density at radius 1 is 1.05 bits per heavy atom. The summed E-state index contributed by atoms with van der Waals surface area (Å²) >= 11 is 0. The van der Waals surface area contributed by atoms with Crippen LogP contribution in [0.15, 0.2) is 48.5 Å². The first-order valence-electron chi connectivity index (χ1n) is 7.30. The maximum absolute atomic E-state index is 11.0. The topological polar surface area (TPSA) is 46.5 Å². The fourth-order valence-electron chi connectivity index (χ4n) is 2.40. The van der Waals surface area contributed by atoms with Crippen molar-refractivity contribution in [1.82, 2.24) is 0 Å². The van der Waals surface area contributed by atoms with Gasteiger partial charge in [-0.2, -0.15) is 0 Å². The number of benzene rings is 2. The van der Waals surface area contributed by atoms with Crippen molar-refractivity contribution in [3.05, 3.63) is 54.1 Å². The molecular weight excluding hydrogens is 264 g/mol. The zero-order valence-electron chi connectivity index (χ0n) is 12.2. The van der Waals surface area contributed by atoms with E-state index in [1.54, 1.807) is 0 Å². The predicted octanol–water partition coefficient (Wildman–Crippen LogP) is 5.14. The van der Waals surface area contributed by atoms with Crippen molar-refractivity contribution in [2.45, 2.75) is 32.6 Å². The van der Waals surface area contributed by atoms with Crippen molar-refractivity contribution in [3.8, 4) is 16.9 Å². The average molecular weight is 284 g/mol. The molecule has 0 aliphatic carbocycles. The highest BCUT2D eigenvalue weighted by molar-refractivity contribution is 5.75. The molecule has 0 amide bonds. The summed E-state index contributed by atoms with van der Waals surface area (Å²) in [7, 11) is 0. The molecule has 0 radical (unpaired) electrons. The van der Waals surface area contributed by atoms with Gasteiger partial charge in [0.25, 0.3) is 0 Å². The third kappa shape index (κ3) is 4.09. The van der Waals surface area contributed by atoms with Crippen molar-refractivity contribution < 1.29 is 14.6 Å². The number of carbonyl (C=O) groups is 1. The molecular formula is C18H20O3. The molecule has 0 atom stereocenters. The Balaban J connectivity index is 2.39. The summed E-state index contributed by atoms with van der Waals surface area (Å²) in [6, 6.07) is 15.5. The summed E-state index contributed by atoms with van der Waals surface area (Å²) in [6.07, 6.45) is 2.85. The van der Waals surface area contributed by atoms with Crippen molar-refractivity contribution >= 4 is 6.16 Å². The minimum Gasteiger partial charge on any atom is -0.449 e. The molecule has 2 aromatic carbocycles. The minimum atomic E-state index is -1.27. The summed E-state index contributed by atoms with van der Waals surface area (Å²) < 4.78 is 5.08. The number of ether oxygens (including phenoxy) is 1. The van der Waals surface area contributed by atoms with Gasteiger partial charge in [0.1, 0.15) is 5.75 Å². The monoisotopic (exact) mass is 284 g/mol. The van der Waals surface area contributed by atoms with E-state index < -0.39 is 6.16 Å². The Bertz CT molecular complexity index is 591. The Morgan fingerprint density at radius 2 is 1.81 bits per heavy atom. The second-order valence-corrected chi connectivity index (χ2v) is 4.98. The Kier molecular flexibility index (Phi) is 5.38. The SMILES string of the molecule is CCCCCc1cccc(-c2ccccc2)c1OC(=O)O. The van der Waals surface area contributed by atoms with Gasteiger partial charge < -0.3 is 9.84 Å². The van der Waals surface area contributed by atoms with Gasteiger partial charge in [-0.05, 0) is 24.0 Å². The predicted molar refractivity (Wildman–Crippen MR) is 83.8 cm³/mol. The molecule has 21 heavy (non-hydrogen) atoms. The van der Waals surface area contributed by atoms with Gasteiger partial charge in [-0.25, -0.2) is 4.79 Å². The van der Waals surface area contributed by atoms with Gasteiger partial charge in [-0.15, -0.1) is 0 Å². The molecule has 2 aromatic rings. The molecule has 0 unspecified atom stereocenters. The normalized spacial score (nSPS) is 10.3. The number of unbranched alkanes of at least 4 members (excludes halogenated alkanes) is 2. The number of hydrogen-bond donors (Lipinski definition) is 1. The Labute approximate surface area is 125 Å². The Morgan fingerprint density at radius 3 is 2.48 bits per heavy atom. The third-order valence-corrected chi connectivity index (χ3v) is 3.42. The van der Waals surface area contributed by atoms with Gasteiger partial charge in [-0.3, -0.25) is 0 Å². The van der Waals surface area contributed by atoms with Gasteiger partial charge in [0.15, 0.2) is 0 Å². The maximum atomic E-state index is 11.0. The van der Waals surface area contributed by atoms with Gasteiger partial charge in [0, 0.05) is 5.56 Å². The number of para-hydroxylation sites is 1. The van der Waals surface area contributed by atoms with Crippen LogP contribution in [-0.4, -0.2) is 11.3 Å². The fraction of sp³-hybridized carbons (Fsp3) is 0.278. The fourth-order valence-corrected chi connectivity index (χ4v) is 2.40. The lowest BCUT2D eigenvalue weighted by Crippen LogP contribution is -2.07. The van der Waals surface area contributed by atoms with Crippen LogP contribution in [0.2, 0.25) is 0 Å². The van der Waals surface area contributed by atoms with E-state index in [-0.39, 0.29) is 0 Å². The molecule has 110 valence electrons. The highest BCUT2D eigenvalue weighted by atomic mass is 16.7. The first-order valence-corrected chi connectivity index (χ1v) is 7.30. The average Bonchev–Trinajstić information content (AvgIpc) is 2.49. The molecule has 0 fully saturated rings. The molecule has 2 rings (SSSR count). The van der Waals surface area contributed by atoms with E-state index in [9.17, 15) is 4.79 Å². The lowest BCUT2D eigenvalue weighted by molar-refractivity contribution is 0.144.